The molecule has 3 aromatic heterocycles. The number of aromatic nitrogens is 4. The molecule has 0 saturated carbocycles. The number of methoxy groups -OCH3 is 1. The average Bonchev–Trinajstić information content (AvgIpc) is 3.14. The van der Waals surface area contributed by atoms with Crippen LogP contribution in [0.25, 0.3) is 11.1 Å². The molecule has 1 N–H and O–H groups in total. The van der Waals surface area contributed by atoms with Crippen LogP contribution in [-0.4, -0.2) is 56.8 Å². The minimum absolute atomic E-state index is 0.306. The van der Waals surface area contributed by atoms with Crippen molar-refractivity contribution >= 4 is 45.9 Å². The third-order valence-electron chi connectivity index (χ3n) is 4.75. The van der Waals surface area contributed by atoms with Gasteiger partial charge in [-0.25, -0.2) is 9.29 Å². The van der Waals surface area contributed by atoms with Crippen molar-refractivity contribution in [3.8, 4) is 16.9 Å². The fraction of sp³-hybridized carbons (Fsp3) is 0.316. The van der Waals surface area contributed by atoms with E-state index in [1.807, 2.05) is 13.0 Å². The molecule has 1 aliphatic rings. The second-order valence-corrected chi connectivity index (χ2v) is 8.98. The largest absolute Gasteiger partial charge is 0.494 e. The van der Waals surface area contributed by atoms with Gasteiger partial charge in [-0.05, 0) is 25.3 Å². The van der Waals surface area contributed by atoms with E-state index in [9.17, 15) is 4.79 Å². The molecule has 0 radical (unpaired) electrons. The Kier molecular flexibility index (Phi) is 6.19. The Morgan fingerprint density at radius 3 is 2.80 bits per heavy atom. The summed E-state index contributed by atoms with van der Waals surface area (Å²) in [6.07, 6.45) is 5.13. The molecule has 1 fully saturated rings. The number of carbonyl (C=O) groups excluding carboxylic acids is 1. The maximum Gasteiger partial charge on any atom is 0.259 e. The Balaban J connectivity index is 1.60. The van der Waals surface area contributed by atoms with Crippen molar-refractivity contribution in [1.29, 1.82) is 0 Å². The lowest BCUT2D eigenvalue weighted by atomic mass is 10.0. The van der Waals surface area contributed by atoms with Gasteiger partial charge in [0, 0.05) is 42.0 Å². The summed E-state index contributed by atoms with van der Waals surface area (Å²) in [5.41, 5.74) is 2.46. The number of nitrogens with one attached hydrogen (secondary N) is 1. The number of anilines is 1. The topological polar surface area (TPSA) is 93.1 Å². The molecule has 3 aromatic rings. The summed E-state index contributed by atoms with van der Waals surface area (Å²) in [5.74, 6) is 0.551. The summed E-state index contributed by atoms with van der Waals surface area (Å²) < 4.78 is 7.67. The van der Waals surface area contributed by atoms with Crippen molar-refractivity contribution in [2.45, 2.75) is 12.8 Å². The van der Waals surface area contributed by atoms with Crippen molar-refractivity contribution in [2.24, 2.45) is 0 Å². The number of amides is 1. The molecule has 4 heterocycles. The van der Waals surface area contributed by atoms with Gasteiger partial charge >= 0.3 is 0 Å². The van der Waals surface area contributed by atoms with Crippen LogP contribution in [0.3, 0.4) is 0 Å². The van der Waals surface area contributed by atoms with Crippen LogP contribution in [0, 0.1) is 6.92 Å². The maximum atomic E-state index is 13.1. The molecule has 0 aliphatic carbocycles. The lowest BCUT2D eigenvalue weighted by molar-refractivity contribution is 0.102. The van der Waals surface area contributed by atoms with E-state index >= 15 is 0 Å². The second-order valence-electron chi connectivity index (χ2n) is 6.70. The summed E-state index contributed by atoms with van der Waals surface area (Å²) in [6.45, 7) is 3.74. The molecule has 0 aromatic carbocycles. The van der Waals surface area contributed by atoms with Crippen LogP contribution in [0.1, 0.15) is 27.0 Å². The highest BCUT2D eigenvalue weighted by Gasteiger charge is 2.31. The van der Waals surface area contributed by atoms with Gasteiger partial charge in [0.2, 0.25) is 5.13 Å². The lowest BCUT2D eigenvalue weighted by Crippen LogP contribution is -2.39. The summed E-state index contributed by atoms with van der Waals surface area (Å²) in [5, 5.41) is 12.9. The monoisotopic (exact) mass is 462 g/mol. The molecular weight excluding hydrogens is 444 g/mol. The van der Waals surface area contributed by atoms with Gasteiger partial charge in [-0.15, -0.1) is 10.2 Å². The molecule has 0 atom stereocenters. The molecule has 1 aliphatic heterocycles. The fourth-order valence-electron chi connectivity index (χ4n) is 3.11. The number of nitrogens with zero attached hydrogens (tertiary/aromatic N) is 5. The molecule has 1 saturated heterocycles. The van der Waals surface area contributed by atoms with Gasteiger partial charge in [0.05, 0.1) is 18.9 Å². The van der Waals surface area contributed by atoms with Crippen molar-refractivity contribution < 1.29 is 9.53 Å². The van der Waals surface area contributed by atoms with Crippen molar-refractivity contribution in [3.63, 3.8) is 0 Å². The third kappa shape index (κ3) is 4.27. The first-order chi connectivity index (χ1) is 14.5. The van der Waals surface area contributed by atoms with Gasteiger partial charge in [-0.2, -0.15) is 0 Å². The second kappa shape index (κ2) is 8.84. The van der Waals surface area contributed by atoms with Crippen molar-refractivity contribution in [2.75, 3.05) is 31.8 Å². The van der Waals surface area contributed by atoms with E-state index in [-0.39, 0.29) is 5.91 Å². The van der Waals surface area contributed by atoms with Gasteiger partial charge in [0.1, 0.15) is 15.9 Å². The lowest BCUT2D eigenvalue weighted by Gasteiger charge is -2.35. The number of aryl methyl sites for hydroxylation is 1. The minimum atomic E-state index is -0.325. The maximum absolute atomic E-state index is 13.1. The van der Waals surface area contributed by atoms with E-state index in [0.717, 1.165) is 23.8 Å². The van der Waals surface area contributed by atoms with Crippen LogP contribution in [0.4, 0.5) is 5.13 Å². The Morgan fingerprint density at radius 2 is 2.07 bits per heavy atom. The fourth-order valence-corrected chi connectivity index (χ4v) is 4.75. The van der Waals surface area contributed by atoms with E-state index in [1.54, 1.807) is 25.1 Å². The zero-order valence-corrected chi connectivity index (χ0v) is 18.9. The number of hydrogen-bond donors (Lipinski definition) is 1. The van der Waals surface area contributed by atoms with E-state index in [0.29, 0.717) is 38.6 Å². The Hall–Kier alpha value is -2.27. The molecule has 0 unspecified atom stereocenters. The highest BCUT2D eigenvalue weighted by molar-refractivity contribution is 7.96. The highest BCUT2D eigenvalue weighted by Crippen LogP contribution is 2.35. The Labute approximate surface area is 187 Å². The predicted octanol–water partition coefficient (Wildman–Crippen LogP) is 3.90. The summed E-state index contributed by atoms with van der Waals surface area (Å²) in [7, 11) is 1.55. The number of ether oxygens (including phenoxy) is 1. The number of halogens is 1. The number of rotatable bonds is 6. The molecule has 156 valence electrons. The minimum Gasteiger partial charge on any atom is -0.494 e. The quantitative estimate of drug-likeness (QED) is 0.435. The normalized spacial score (nSPS) is 14.4. The van der Waals surface area contributed by atoms with Crippen LogP contribution in [0.5, 0.6) is 5.75 Å². The Morgan fingerprint density at radius 1 is 1.27 bits per heavy atom. The van der Waals surface area contributed by atoms with Gasteiger partial charge in [0.25, 0.3) is 5.91 Å². The summed E-state index contributed by atoms with van der Waals surface area (Å²) in [6, 6.07) is 3.49. The SMILES string of the molecule is COc1cnc(Cl)cc1-c1cc(C)ncc1C(=O)Nc1nnc(C2CN(SC)C2)s1. The van der Waals surface area contributed by atoms with Crippen molar-refractivity contribution in [3.05, 3.63) is 45.9 Å². The van der Waals surface area contributed by atoms with Gasteiger partial charge in [-0.3, -0.25) is 15.1 Å². The van der Waals surface area contributed by atoms with Gasteiger partial charge < -0.3 is 4.74 Å². The standard InChI is InChI=1S/C19H19ClN6O2S2/c1-10-4-12(13-5-16(20)22-7-15(13)28-2)14(6-21-10)17(27)23-19-25-24-18(30-19)11-8-26(9-11)29-3/h4-7,11H,8-9H2,1-3H3,(H,23,25,27). The number of carbonyl (C=O) groups is 1. The first-order valence-electron chi connectivity index (χ1n) is 9.09. The first-order valence-corrected chi connectivity index (χ1v) is 11.5. The van der Waals surface area contributed by atoms with E-state index in [4.69, 9.17) is 16.3 Å². The molecular formula is C19H19ClN6O2S2. The molecule has 1 amide bonds. The zero-order valence-electron chi connectivity index (χ0n) is 16.5. The van der Waals surface area contributed by atoms with Gasteiger partial charge in [0.15, 0.2) is 0 Å². The molecule has 11 heteroatoms. The smallest absolute Gasteiger partial charge is 0.259 e. The van der Waals surface area contributed by atoms with Crippen molar-refractivity contribution in [1.82, 2.24) is 24.5 Å². The van der Waals surface area contributed by atoms with Crippen LogP contribution in [0.15, 0.2) is 24.5 Å². The molecule has 30 heavy (non-hydrogen) atoms. The Bertz CT molecular complexity index is 1090. The zero-order chi connectivity index (χ0) is 21.3. The molecule has 0 bridgehead atoms. The van der Waals surface area contributed by atoms with Crippen LogP contribution < -0.4 is 10.1 Å². The van der Waals surface area contributed by atoms with Crippen LogP contribution >= 0.6 is 34.9 Å². The van der Waals surface area contributed by atoms with Gasteiger partial charge in [-0.1, -0.05) is 34.9 Å². The van der Waals surface area contributed by atoms with Crippen LogP contribution in [0.2, 0.25) is 5.15 Å². The molecule has 4 rings (SSSR count). The predicted molar refractivity (Wildman–Crippen MR) is 119 cm³/mol. The van der Waals surface area contributed by atoms with E-state index < -0.39 is 0 Å². The third-order valence-corrected chi connectivity index (χ3v) is 6.77. The summed E-state index contributed by atoms with van der Waals surface area (Å²) >= 11 is 9.21. The number of pyridine rings is 2. The van der Waals surface area contributed by atoms with Crippen LogP contribution in [-0.2, 0) is 0 Å². The number of hydrogen-bond acceptors (Lipinski definition) is 9. The van der Waals surface area contributed by atoms with E-state index in [1.165, 1.54) is 23.7 Å². The molecule has 0 spiro atoms. The first kappa shape index (κ1) is 21.0. The average molecular weight is 463 g/mol. The molecule has 8 nitrogen and oxygen atoms in total. The van der Waals surface area contributed by atoms with E-state index in [2.05, 4.69) is 36.0 Å². The highest BCUT2D eigenvalue weighted by atomic mass is 35.5. The summed E-state index contributed by atoms with van der Waals surface area (Å²) in [4.78, 5) is 21.4.